The van der Waals surface area contributed by atoms with Crippen molar-refractivity contribution in [3.8, 4) is 0 Å². The van der Waals surface area contributed by atoms with Crippen LogP contribution in [-0.2, 0) is 11.3 Å². The van der Waals surface area contributed by atoms with Crippen LogP contribution >= 0.6 is 0 Å². The van der Waals surface area contributed by atoms with E-state index < -0.39 is 18.4 Å². The van der Waals surface area contributed by atoms with Gasteiger partial charge in [0.25, 0.3) is 0 Å². The molecule has 0 amide bonds. The van der Waals surface area contributed by atoms with Gasteiger partial charge in [0.15, 0.2) is 0 Å². The molecule has 0 saturated heterocycles. The van der Waals surface area contributed by atoms with Crippen LogP contribution in [0.3, 0.4) is 0 Å². The number of hydrogen-bond donors (Lipinski definition) is 0. The zero-order valence-corrected chi connectivity index (χ0v) is 19.1. The minimum absolute atomic E-state index is 0.719. The van der Waals surface area contributed by atoms with Gasteiger partial charge in [-0.2, -0.15) is 0 Å². The summed E-state index contributed by atoms with van der Waals surface area (Å²) < 4.78 is 12.1. The normalized spacial score (nSPS) is 11.6. The molecule has 0 spiro atoms. The van der Waals surface area contributed by atoms with Crippen LogP contribution in [0.4, 0.5) is 0 Å². The molecule has 0 bridgehead atoms. The van der Waals surface area contributed by atoms with Crippen LogP contribution in [0.2, 0.25) is 13.3 Å². The second-order valence-corrected chi connectivity index (χ2v) is 20.8. The van der Waals surface area contributed by atoms with Gasteiger partial charge in [-0.1, -0.05) is 0 Å². The minimum atomic E-state index is -2.29. The Morgan fingerprint density at radius 1 is 0.875 bits per heavy atom. The maximum absolute atomic E-state index is 6.08. The van der Waals surface area contributed by atoms with Gasteiger partial charge in [-0.05, 0) is 0 Å². The molecule has 0 saturated carbocycles. The average Bonchev–Trinajstić information content (AvgIpc) is 2.62. The van der Waals surface area contributed by atoms with Crippen molar-refractivity contribution in [1.82, 2.24) is 0 Å². The van der Waals surface area contributed by atoms with Crippen molar-refractivity contribution in [2.45, 2.75) is 79.2 Å². The van der Waals surface area contributed by atoms with Gasteiger partial charge < -0.3 is 0 Å². The number of unbranched alkanes of at least 4 members (excludes halogenated alkanes) is 3. The summed E-state index contributed by atoms with van der Waals surface area (Å²) in [4.78, 5) is 0. The molecule has 0 aliphatic rings. The third-order valence-corrected chi connectivity index (χ3v) is 21.1. The second-order valence-electron chi connectivity index (χ2n) is 7.17. The molecule has 0 atom stereocenters. The van der Waals surface area contributed by atoms with E-state index in [1.807, 2.05) is 0 Å². The molecule has 1 rings (SSSR count). The molecule has 0 aliphatic carbocycles. The van der Waals surface area contributed by atoms with Crippen molar-refractivity contribution >= 4 is 18.4 Å². The number of rotatable bonds is 14. The fraction of sp³-hybridized carbons (Fsp3) is 0.636. The summed E-state index contributed by atoms with van der Waals surface area (Å²) in [6.07, 6.45) is 8.11. The first-order valence-electron chi connectivity index (χ1n) is 9.98. The van der Waals surface area contributed by atoms with Crippen LogP contribution in [0.5, 0.6) is 0 Å². The quantitative estimate of drug-likeness (QED) is 0.281. The Kier molecular flexibility index (Phi) is 11.8. The zero-order chi connectivity index (χ0) is 17.7. The van der Waals surface area contributed by atoms with Crippen molar-refractivity contribution < 1.29 is 4.74 Å². The van der Waals surface area contributed by atoms with Gasteiger partial charge >= 0.3 is 155 Å². The molecule has 1 nitrogen and oxygen atoms in total. The van der Waals surface area contributed by atoms with Crippen molar-refractivity contribution in [3.05, 3.63) is 46.1 Å². The van der Waals surface area contributed by atoms with Gasteiger partial charge in [0.2, 0.25) is 0 Å². The third-order valence-electron chi connectivity index (χ3n) is 5.16. The predicted molar refractivity (Wildman–Crippen MR) is 110 cm³/mol. The SMILES string of the molecule is C=[C](COCc1ccccc1)[Sn]([CH2]CCC)([CH2]CCC)[CH2]CCC. The second kappa shape index (κ2) is 13.0. The van der Waals surface area contributed by atoms with Gasteiger partial charge in [0.05, 0.1) is 0 Å². The van der Waals surface area contributed by atoms with E-state index >= 15 is 0 Å². The van der Waals surface area contributed by atoms with Gasteiger partial charge in [-0.25, -0.2) is 0 Å². The Morgan fingerprint density at radius 2 is 1.38 bits per heavy atom. The molecule has 0 unspecified atom stereocenters. The molecule has 24 heavy (non-hydrogen) atoms. The average molecular weight is 437 g/mol. The first kappa shape index (κ1) is 21.8. The van der Waals surface area contributed by atoms with E-state index in [4.69, 9.17) is 4.74 Å². The predicted octanol–water partition coefficient (Wildman–Crippen LogP) is 7.15. The van der Waals surface area contributed by atoms with Crippen molar-refractivity contribution in [2.75, 3.05) is 6.61 Å². The zero-order valence-electron chi connectivity index (χ0n) is 16.3. The molecular formula is C22H38OSn. The molecule has 0 radical (unpaired) electrons. The molecule has 136 valence electrons. The summed E-state index contributed by atoms with van der Waals surface area (Å²) >= 11 is -2.29. The summed E-state index contributed by atoms with van der Waals surface area (Å²) in [5.41, 5.74) is 1.27. The molecule has 1 aromatic carbocycles. The Bertz CT molecular complexity index is 419. The van der Waals surface area contributed by atoms with Gasteiger partial charge in [0.1, 0.15) is 0 Å². The monoisotopic (exact) mass is 438 g/mol. The summed E-state index contributed by atoms with van der Waals surface area (Å²) in [7, 11) is 0. The van der Waals surface area contributed by atoms with Crippen LogP contribution in [0.25, 0.3) is 0 Å². The van der Waals surface area contributed by atoms with Crippen LogP contribution in [0.15, 0.2) is 40.5 Å². The van der Waals surface area contributed by atoms with Crippen LogP contribution in [0.1, 0.15) is 64.9 Å². The molecular weight excluding hydrogens is 399 g/mol. The maximum atomic E-state index is 6.08. The van der Waals surface area contributed by atoms with Gasteiger partial charge in [-0.15, -0.1) is 0 Å². The topological polar surface area (TPSA) is 9.23 Å². The molecule has 0 N–H and O–H groups in total. The number of hydrogen-bond acceptors (Lipinski definition) is 1. The fourth-order valence-corrected chi connectivity index (χ4v) is 18.6. The molecule has 1 aromatic rings. The first-order chi connectivity index (χ1) is 11.7. The van der Waals surface area contributed by atoms with Crippen LogP contribution < -0.4 is 0 Å². The molecule has 2 heteroatoms. The molecule has 0 aromatic heterocycles. The summed E-state index contributed by atoms with van der Waals surface area (Å²) in [6, 6.07) is 10.5. The number of ether oxygens (including phenoxy) is 1. The fourth-order valence-electron chi connectivity index (χ4n) is 3.47. The summed E-state index contributed by atoms with van der Waals surface area (Å²) in [6.45, 7) is 13.1. The van der Waals surface area contributed by atoms with E-state index in [1.165, 1.54) is 61.0 Å². The van der Waals surface area contributed by atoms with E-state index in [9.17, 15) is 0 Å². The van der Waals surface area contributed by atoms with Crippen molar-refractivity contribution in [3.63, 3.8) is 0 Å². The van der Waals surface area contributed by atoms with Crippen LogP contribution in [0, 0.1) is 0 Å². The number of benzene rings is 1. The van der Waals surface area contributed by atoms with Gasteiger partial charge in [0, 0.05) is 0 Å². The molecule has 0 aliphatic heterocycles. The van der Waals surface area contributed by atoms with E-state index in [-0.39, 0.29) is 0 Å². The van der Waals surface area contributed by atoms with E-state index in [2.05, 4.69) is 57.7 Å². The first-order valence-corrected chi connectivity index (χ1v) is 17.5. The summed E-state index contributed by atoms with van der Waals surface area (Å²) in [5.74, 6) is 0. The van der Waals surface area contributed by atoms with Gasteiger partial charge in [-0.3, -0.25) is 0 Å². The van der Waals surface area contributed by atoms with Crippen molar-refractivity contribution in [1.29, 1.82) is 0 Å². The Hall–Kier alpha value is -0.281. The summed E-state index contributed by atoms with van der Waals surface area (Å²) in [5, 5.41) is 0. The third kappa shape index (κ3) is 7.73. The Morgan fingerprint density at radius 3 is 1.83 bits per heavy atom. The standard InChI is InChI=1S/C10H11O.3C4H9.Sn/c1-2-8-11-9-10-6-4-3-5-7-10;3*1-3-4-2;/h3-7H,1,8-9H2;3*1,3-4H2,2H3;. The van der Waals surface area contributed by atoms with E-state index in [1.54, 1.807) is 0 Å². The Balaban J connectivity index is 2.67. The molecule has 0 heterocycles. The van der Waals surface area contributed by atoms with E-state index in [0.717, 1.165) is 13.2 Å². The molecule has 0 fully saturated rings. The van der Waals surface area contributed by atoms with E-state index in [0.29, 0.717) is 0 Å². The Labute approximate surface area is 154 Å². The van der Waals surface area contributed by atoms with Crippen molar-refractivity contribution in [2.24, 2.45) is 0 Å². The van der Waals surface area contributed by atoms with Crippen LogP contribution in [-0.4, -0.2) is 25.0 Å².